The van der Waals surface area contributed by atoms with Crippen LogP contribution in [-0.2, 0) is 25.9 Å². The predicted octanol–water partition coefficient (Wildman–Crippen LogP) is 3.87. The van der Waals surface area contributed by atoms with Gasteiger partial charge < -0.3 is 5.32 Å². The number of aryl methyl sites for hydroxylation is 2. The minimum Gasteiger partial charge on any atom is -0.368 e. The second-order valence-corrected chi connectivity index (χ2v) is 8.30. The number of hydrogen-bond acceptors (Lipinski definition) is 5. The predicted molar refractivity (Wildman–Crippen MR) is 114 cm³/mol. The van der Waals surface area contributed by atoms with E-state index in [1.54, 1.807) is 34.5 Å². The van der Waals surface area contributed by atoms with Crippen LogP contribution in [0, 0.1) is 0 Å². The zero-order valence-corrected chi connectivity index (χ0v) is 18.3. The molecule has 0 atom stereocenters. The van der Waals surface area contributed by atoms with Gasteiger partial charge in [0.1, 0.15) is 22.7 Å². The monoisotopic (exact) mass is 447 g/mol. The Kier molecular flexibility index (Phi) is 6.08. The van der Waals surface area contributed by atoms with Crippen LogP contribution in [0.5, 0.6) is 0 Å². The Hall–Kier alpha value is -2.75. The van der Waals surface area contributed by atoms with Crippen LogP contribution in [-0.4, -0.2) is 41.1 Å². The van der Waals surface area contributed by atoms with Gasteiger partial charge in [0.25, 0.3) is 18.9 Å². The highest BCUT2D eigenvalue weighted by atomic mass is 32.1. The summed E-state index contributed by atoms with van der Waals surface area (Å²) in [5.41, 5.74) is 1.58. The summed E-state index contributed by atoms with van der Waals surface area (Å²) in [5, 5.41) is 7.78. The molecule has 1 fully saturated rings. The van der Waals surface area contributed by atoms with Gasteiger partial charge in [-0.15, -0.1) is 0 Å². The molecule has 4 rings (SSSR count). The first-order valence-electron chi connectivity index (χ1n) is 10.4. The SMILES string of the molecule is CCc1nn(C)cc1C(=O)[N+](=S)[C@H]1CC[C@@H](Nc2cccc3nc(C(F)F)cn23)CC1. The molecular weight excluding hydrogens is 422 g/mol. The number of nitrogens with zero attached hydrogens (tertiary/aromatic N) is 5. The standard InChI is InChI=1S/C21H25F2N6OS/c1-3-16-15(11-27(2)26-16)21(30)29(31)14-9-7-13(8-10-14)24-18-5-4-6-19-25-17(20(22)23)12-28(18)19/h4-6,11-14,20,24H,3,7-10H2,1-2H3/q+1/t13-,14+. The van der Waals surface area contributed by atoms with Gasteiger partial charge in [0.2, 0.25) is 0 Å². The zero-order valence-electron chi connectivity index (χ0n) is 17.5. The van der Waals surface area contributed by atoms with Crippen molar-refractivity contribution in [1.82, 2.24) is 19.2 Å². The molecule has 0 aliphatic heterocycles. The van der Waals surface area contributed by atoms with E-state index in [2.05, 4.69) is 15.4 Å². The molecule has 7 nitrogen and oxygen atoms in total. The molecular formula is C21H25F2N6OS+. The number of halogens is 2. The summed E-state index contributed by atoms with van der Waals surface area (Å²) in [6, 6.07) is 5.52. The van der Waals surface area contributed by atoms with Crippen LogP contribution < -0.4 is 5.32 Å². The highest BCUT2D eigenvalue weighted by Crippen LogP contribution is 2.27. The van der Waals surface area contributed by atoms with E-state index in [-0.39, 0.29) is 23.7 Å². The molecule has 0 aromatic carbocycles. The molecule has 0 spiro atoms. The highest BCUT2D eigenvalue weighted by Gasteiger charge is 2.36. The number of anilines is 1. The number of alkyl halides is 2. The molecule has 3 aromatic heterocycles. The molecule has 0 unspecified atom stereocenters. The number of aromatic nitrogens is 4. The number of nitrogens with one attached hydrogen (secondary N) is 1. The van der Waals surface area contributed by atoms with Gasteiger partial charge in [0.15, 0.2) is 6.04 Å². The molecule has 1 amide bonds. The molecule has 3 aromatic rings. The minimum absolute atomic E-state index is 0.0139. The van der Waals surface area contributed by atoms with Crippen LogP contribution >= 0.6 is 0 Å². The van der Waals surface area contributed by atoms with Crippen molar-refractivity contribution < 1.29 is 17.5 Å². The van der Waals surface area contributed by atoms with Crippen molar-refractivity contribution >= 4 is 29.8 Å². The van der Waals surface area contributed by atoms with Crippen LogP contribution in [0.2, 0.25) is 0 Å². The third-order valence-corrected chi connectivity index (χ3v) is 6.25. The fourth-order valence-electron chi connectivity index (χ4n) is 4.17. The van der Waals surface area contributed by atoms with E-state index in [0.29, 0.717) is 17.6 Å². The molecule has 10 heteroatoms. The highest BCUT2D eigenvalue weighted by molar-refractivity contribution is 7.44. The maximum Gasteiger partial charge on any atom is 0.436 e. The Labute approximate surface area is 184 Å². The molecule has 31 heavy (non-hydrogen) atoms. The minimum atomic E-state index is -2.60. The van der Waals surface area contributed by atoms with Gasteiger partial charge in [0, 0.05) is 38.3 Å². The summed E-state index contributed by atoms with van der Waals surface area (Å²) < 4.78 is 30.7. The first-order chi connectivity index (χ1) is 14.9. The van der Waals surface area contributed by atoms with Gasteiger partial charge in [-0.25, -0.2) is 18.6 Å². The number of carbonyl (C=O) groups is 1. The molecule has 0 bridgehead atoms. The van der Waals surface area contributed by atoms with E-state index in [1.165, 1.54) is 10.1 Å². The lowest BCUT2D eigenvalue weighted by atomic mass is 9.91. The van der Waals surface area contributed by atoms with Gasteiger partial charge in [0.05, 0.1) is 5.69 Å². The van der Waals surface area contributed by atoms with Crippen molar-refractivity contribution in [2.45, 2.75) is 57.5 Å². The van der Waals surface area contributed by atoms with Crippen LogP contribution in [0.4, 0.5) is 14.6 Å². The van der Waals surface area contributed by atoms with Crippen molar-refractivity contribution in [2.75, 3.05) is 5.32 Å². The fraction of sp³-hybridized carbons (Fsp3) is 0.476. The Balaban J connectivity index is 1.40. The Morgan fingerprint density at radius 1 is 1.29 bits per heavy atom. The van der Waals surface area contributed by atoms with E-state index >= 15 is 0 Å². The van der Waals surface area contributed by atoms with E-state index in [0.717, 1.165) is 37.2 Å². The molecule has 1 N–H and O–H groups in total. The van der Waals surface area contributed by atoms with Gasteiger partial charge in [-0.1, -0.05) is 16.9 Å². The Morgan fingerprint density at radius 3 is 2.71 bits per heavy atom. The summed E-state index contributed by atoms with van der Waals surface area (Å²) in [7, 11) is 1.80. The van der Waals surface area contributed by atoms with Crippen LogP contribution in [0.15, 0.2) is 30.6 Å². The number of amides is 1. The maximum absolute atomic E-state index is 13.0. The molecule has 1 aliphatic carbocycles. The number of pyridine rings is 1. The van der Waals surface area contributed by atoms with E-state index in [1.807, 2.05) is 13.0 Å². The quantitative estimate of drug-likeness (QED) is 0.581. The lowest BCUT2D eigenvalue weighted by Crippen LogP contribution is -2.37. The van der Waals surface area contributed by atoms with Crippen LogP contribution in [0.1, 0.15) is 60.8 Å². The third-order valence-electron chi connectivity index (χ3n) is 5.79. The number of fused-ring (bicyclic) bond motifs is 1. The van der Waals surface area contributed by atoms with Crippen LogP contribution in [0.25, 0.3) is 5.65 Å². The molecule has 0 radical (unpaired) electrons. The lowest BCUT2D eigenvalue weighted by molar-refractivity contribution is -0.448. The van der Waals surface area contributed by atoms with Crippen LogP contribution in [0.3, 0.4) is 0 Å². The normalized spacial score (nSPS) is 19.1. The summed E-state index contributed by atoms with van der Waals surface area (Å²) in [6.07, 6.45) is 4.37. The van der Waals surface area contributed by atoms with Crippen molar-refractivity contribution in [3.8, 4) is 0 Å². The van der Waals surface area contributed by atoms with Gasteiger partial charge >= 0.3 is 5.91 Å². The molecule has 0 saturated heterocycles. The maximum atomic E-state index is 13.0. The molecule has 1 aliphatic rings. The summed E-state index contributed by atoms with van der Waals surface area (Å²) >= 11 is 5.48. The summed E-state index contributed by atoms with van der Waals surface area (Å²) in [5.74, 6) is 0.564. The van der Waals surface area contributed by atoms with E-state index < -0.39 is 6.43 Å². The number of rotatable bonds is 6. The van der Waals surface area contributed by atoms with Crippen molar-refractivity contribution in [1.29, 1.82) is 0 Å². The first kappa shape index (κ1) is 21.5. The molecule has 164 valence electrons. The number of imidazole rings is 1. The van der Waals surface area contributed by atoms with Gasteiger partial charge in [-0.05, 0) is 31.4 Å². The second kappa shape index (κ2) is 8.78. The lowest BCUT2D eigenvalue weighted by Gasteiger charge is -2.26. The van der Waals surface area contributed by atoms with Crippen molar-refractivity contribution in [2.24, 2.45) is 7.05 Å². The fourth-order valence-corrected chi connectivity index (χ4v) is 4.48. The second-order valence-electron chi connectivity index (χ2n) is 7.90. The average molecular weight is 448 g/mol. The van der Waals surface area contributed by atoms with E-state index in [4.69, 9.17) is 12.4 Å². The molecule has 3 heterocycles. The molecule has 1 saturated carbocycles. The van der Waals surface area contributed by atoms with Crippen molar-refractivity contribution in [3.63, 3.8) is 0 Å². The Morgan fingerprint density at radius 2 is 2.03 bits per heavy atom. The smallest absolute Gasteiger partial charge is 0.368 e. The number of carbonyl (C=O) groups excluding carboxylic acids is 1. The number of hydrogen-bond donors (Lipinski definition) is 1. The van der Waals surface area contributed by atoms with E-state index in [9.17, 15) is 13.6 Å². The van der Waals surface area contributed by atoms with Gasteiger partial charge in [-0.2, -0.15) is 5.10 Å². The average Bonchev–Trinajstić information content (AvgIpc) is 3.37. The largest absolute Gasteiger partial charge is 0.436 e. The Bertz CT molecular complexity index is 1120. The zero-order chi connectivity index (χ0) is 22.1. The summed E-state index contributed by atoms with van der Waals surface area (Å²) in [6.45, 7) is 1.97. The first-order valence-corrected chi connectivity index (χ1v) is 10.8. The third kappa shape index (κ3) is 4.34. The van der Waals surface area contributed by atoms with Crippen molar-refractivity contribution in [3.05, 3.63) is 47.5 Å². The van der Waals surface area contributed by atoms with Gasteiger partial charge in [-0.3, -0.25) is 9.08 Å². The topological polar surface area (TPSA) is 67.2 Å². The summed E-state index contributed by atoms with van der Waals surface area (Å²) in [4.78, 5) is 16.9.